The monoisotopic (exact) mass is 536 g/mol. The predicted octanol–water partition coefficient (Wildman–Crippen LogP) is 3.62. The van der Waals surface area contributed by atoms with Crippen LogP contribution in [-0.2, 0) is 32.8 Å². The van der Waals surface area contributed by atoms with E-state index in [0.29, 0.717) is 12.8 Å². The molecule has 0 heterocycles. The van der Waals surface area contributed by atoms with Crippen molar-refractivity contribution in [3.05, 3.63) is 42.0 Å². The Morgan fingerprint density at radius 1 is 0.923 bits per heavy atom. The Morgan fingerprint density at radius 2 is 1.38 bits per heavy atom. The Bertz CT molecular complexity index is 520. The molecule has 4 nitrogen and oxygen atoms in total. The molecule has 26 heavy (non-hydrogen) atoms. The zero-order valence-corrected chi connectivity index (χ0v) is 22.6. The number of amides is 2. The summed E-state index contributed by atoms with van der Waals surface area (Å²) in [7, 11) is 0. The molecule has 0 bridgehead atoms. The third-order valence-corrected chi connectivity index (χ3v) is 10.5. The van der Waals surface area contributed by atoms with Gasteiger partial charge < -0.3 is 0 Å². The predicted molar refractivity (Wildman–Crippen MR) is 106 cm³/mol. The third kappa shape index (κ3) is 9.55. The third-order valence-electron chi connectivity index (χ3n) is 4.33. The topological polar surface area (TPSA) is 58.2 Å². The Morgan fingerprint density at radius 3 is 1.77 bits per heavy atom. The fraction of sp³-hybridized carbons (Fsp3) is 0.500. The molecular weight excluding hydrogens is 506 g/mol. The van der Waals surface area contributed by atoms with Gasteiger partial charge in [-0.15, -0.1) is 0 Å². The molecule has 140 valence electrons. The van der Waals surface area contributed by atoms with Crippen molar-refractivity contribution in [2.45, 2.75) is 65.2 Å². The summed E-state index contributed by atoms with van der Waals surface area (Å²) in [5, 5.41) is 0. The summed E-state index contributed by atoms with van der Waals surface area (Å²) in [6.07, 6.45) is 21.4. The van der Waals surface area contributed by atoms with Crippen LogP contribution < -0.4 is 6.61 Å². The molecule has 0 aromatic carbocycles. The van der Waals surface area contributed by atoms with Gasteiger partial charge in [0.25, 0.3) is 0 Å². The Balaban J connectivity index is 0.000000412. The number of carbonyl (C=O) groups is 2. The second-order valence-electron chi connectivity index (χ2n) is 6.37. The van der Waals surface area contributed by atoms with E-state index in [1.807, 2.05) is 6.56 Å². The Hall–Kier alpha value is -0.347. The van der Waals surface area contributed by atoms with Crippen molar-refractivity contribution < 1.29 is 32.8 Å². The van der Waals surface area contributed by atoms with E-state index in [0.717, 1.165) is 0 Å². The maximum atomic E-state index is 9.47. The molecule has 0 saturated carbocycles. The zero-order chi connectivity index (χ0) is 19.0. The van der Waals surface area contributed by atoms with Crippen LogP contribution >= 0.6 is 0 Å². The number of carbonyl (C=O) groups excluding carboxylic acids is 2. The minimum atomic E-state index is -1.35. The summed E-state index contributed by atoms with van der Waals surface area (Å²) in [6, 6.07) is 0. The van der Waals surface area contributed by atoms with Crippen molar-refractivity contribution >= 4 is 36.3 Å². The van der Waals surface area contributed by atoms with E-state index >= 15 is 0 Å². The van der Waals surface area contributed by atoms with Gasteiger partial charge in [0, 0.05) is 0 Å². The van der Waals surface area contributed by atoms with Gasteiger partial charge in [0.2, 0.25) is 0 Å². The van der Waals surface area contributed by atoms with Gasteiger partial charge in [0.15, 0.2) is 0 Å². The van der Waals surface area contributed by atoms with Crippen molar-refractivity contribution in [1.82, 2.24) is 6.61 Å². The van der Waals surface area contributed by atoms with Gasteiger partial charge in [0.1, 0.15) is 0 Å². The van der Waals surface area contributed by atoms with Gasteiger partial charge in [-0.1, -0.05) is 0 Å². The molecule has 0 aromatic heterocycles. The average molecular weight is 538 g/mol. The van der Waals surface area contributed by atoms with Gasteiger partial charge in [-0.2, -0.15) is 0 Å². The molecule has 0 spiro atoms. The molecule has 2 rings (SSSR count). The maximum absolute atomic E-state index is 9.47. The summed E-state index contributed by atoms with van der Waals surface area (Å²) in [5.41, 5.74) is 3.42. The minimum absolute atomic E-state index is 0.463. The van der Waals surface area contributed by atoms with Crippen LogP contribution in [0.2, 0.25) is 0 Å². The quantitative estimate of drug-likeness (QED) is 0.295. The van der Waals surface area contributed by atoms with Crippen molar-refractivity contribution in [3.63, 3.8) is 0 Å². The molecular formula is C20H31InN2O2Zr. The van der Waals surface area contributed by atoms with E-state index < -0.39 is 46.7 Å². The number of rotatable bonds is 12. The summed E-state index contributed by atoms with van der Waals surface area (Å²) >= 11 is -1.81. The van der Waals surface area contributed by atoms with E-state index in [2.05, 4.69) is 44.8 Å². The van der Waals surface area contributed by atoms with Crippen molar-refractivity contribution in [2.75, 3.05) is 0 Å². The molecule has 0 aliphatic heterocycles. The van der Waals surface area contributed by atoms with Crippen molar-refractivity contribution in [2.24, 2.45) is 0 Å². The zero-order valence-electron chi connectivity index (χ0n) is 16.1. The summed E-state index contributed by atoms with van der Waals surface area (Å²) < 4.78 is 8.60. The van der Waals surface area contributed by atoms with Gasteiger partial charge in [-0.3, -0.25) is 0 Å². The molecule has 0 unspecified atom stereocenters. The molecule has 2 amide bonds. The molecule has 2 aliphatic rings. The number of nitrogens with one attached hydrogen (secondary N) is 2. The number of allylic oxidation sites excluding steroid dienone is 8. The van der Waals surface area contributed by atoms with E-state index in [-0.39, 0.29) is 0 Å². The van der Waals surface area contributed by atoms with E-state index in [4.69, 9.17) is 0 Å². The fourth-order valence-corrected chi connectivity index (χ4v) is 7.49. The Labute approximate surface area is 181 Å². The normalized spacial score (nSPS) is 14.8. The van der Waals surface area contributed by atoms with E-state index in [1.54, 1.807) is 11.1 Å². The fourth-order valence-electron chi connectivity index (χ4n) is 2.89. The summed E-state index contributed by atoms with van der Waals surface area (Å²) in [4.78, 5) is 18.9. The van der Waals surface area contributed by atoms with E-state index in [1.165, 1.54) is 51.4 Å². The van der Waals surface area contributed by atoms with Crippen LogP contribution in [0.5, 0.6) is 0 Å². The number of hydrogen-bond acceptors (Lipinski definition) is 2. The second-order valence-corrected chi connectivity index (χ2v) is 13.3. The molecule has 2 N–H and O–H groups in total. The molecule has 0 saturated heterocycles. The SMILES string of the molecule is CCCCC1=[C]([Zr][C]2=C(CCCC)C=CC2)CC=C1.O=C[NH][InH][NH]C=O. The first kappa shape index (κ1) is 23.7. The van der Waals surface area contributed by atoms with E-state index in [9.17, 15) is 9.59 Å². The number of hydrogen-bond donors (Lipinski definition) is 2. The van der Waals surface area contributed by atoms with Crippen LogP contribution in [0.25, 0.3) is 0 Å². The first-order chi connectivity index (χ1) is 12.8. The number of unbranched alkanes of at least 4 members (excludes halogenated alkanes) is 2. The van der Waals surface area contributed by atoms with Crippen LogP contribution in [-0.4, -0.2) is 36.3 Å². The molecule has 0 fully saturated rings. The van der Waals surface area contributed by atoms with Crippen LogP contribution in [0.15, 0.2) is 42.0 Å². The molecule has 0 aromatic rings. The molecule has 2 aliphatic carbocycles. The average Bonchev–Trinajstić information content (AvgIpc) is 3.29. The van der Waals surface area contributed by atoms with Crippen LogP contribution in [0, 0.1) is 0 Å². The molecule has 0 atom stereocenters. The van der Waals surface area contributed by atoms with Crippen molar-refractivity contribution in [3.8, 4) is 0 Å². The Kier molecular flexibility index (Phi) is 14.3. The van der Waals surface area contributed by atoms with Gasteiger partial charge >= 0.3 is 183 Å². The van der Waals surface area contributed by atoms with Gasteiger partial charge in [-0.25, -0.2) is 0 Å². The van der Waals surface area contributed by atoms with Crippen LogP contribution in [0.1, 0.15) is 65.2 Å². The van der Waals surface area contributed by atoms with Crippen LogP contribution in [0.4, 0.5) is 0 Å². The first-order valence-electron chi connectivity index (χ1n) is 9.64. The molecule has 0 radical (unpaired) electrons. The van der Waals surface area contributed by atoms with Crippen molar-refractivity contribution in [1.29, 1.82) is 0 Å². The molecule has 6 heteroatoms. The van der Waals surface area contributed by atoms with Gasteiger partial charge in [-0.05, 0) is 0 Å². The van der Waals surface area contributed by atoms with Gasteiger partial charge in [0.05, 0.1) is 0 Å². The summed E-state index contributed by atoms with van der Waals surface area (Å²) in [5.74, 6) is 0. The second kappa shape index (κ2) is 15.7. The standard InChI is InChI=1S/2C9H13.2CH3NO.In.Zr.H/c2*1-2-3-6-9-7-4-5-8-9;2*2-1-3;;;/h2*4,7H,2-3,5-6H2,1H3;2*1H,(H2,2,3);;;/q;;;;+2;;/p-2. The first-order valence-corrected chi connectivity index (χ1v) is 16.1. The summed E-state index contributed by atoms with van der Waals surface area (Å²) in [6.45, 7) is 4.59. The van der Waals surface area contributed by atoms with Crippen LogP contribution in [0.3, 0.4) is 0 Å².